The highest BCUT2D eigenvalue weighted by molar-refractivity contribution is 6.01. The largest absolute Gasteiger partial charge is 0.417 e. The van der Waals surface area contributed by atoms with Crippen molar-refractivity contribution in [2.45, 2.75) is 13.1 Å². The van der Waals surface area contributed by atoms with E-state index in [9.17, 15) is 13.2 Å². The second-order valence-corrected chi connectivity index (χ2v) is 5.68. The molecule has 3 heteroatoms. The average Bonchev–Trinajstić information content (AvgIpc) is 2.61. The molecule has 0 amide bonds. The SMILES string of the molecule is C/C=C\C=C/c1ccc(-c2ccccc2C(F)(F)F)c2ccccc12. The molecule has 0 aliphatic carbocycles. The van der Waals surface area contributed by atoms with E-state index in [1.54, 1.807) is 12.1 Å². The minimum Gasteiger partial charge on any atom is -0.166 e. The van der Waals surface area contributed by atoms with E-state index in [0.29, 0.717) is 5.56 Å². The monoisotopic (exact) mass is 338 g/mol. The minimum atomic E-state index is -4.39. The molecule has 0 saturated heterocycles. The maximum absolute atomic E-state index is 13.4. The predicted octanol–water partition coefficient (Wildman–Crippen LogP) is 7.11. The van der Waals surface area contributed by atoms with Crippen molar-refractivity contribution in [2.75, 3.05) is 0 Å². The topological polar surface area (TPSA) is 0 Å². The van der Waals surface area contributed by atoms with Gasteiger partial charge in [0.1, 0.15) is 0 Å². The summed E-state index contributed by atoms with van der Waals surface area (Å²) in [7, 11) is 0. The lowest BCUT2D eigenvalue weighted by Crippen LogP contribution is -2.07. The average molecular weight is 338 g/mol. The van der Waals surface area contributed by atoms with Gasteiger partial charge in [-0.15, -0.1) is 0 Å². The Morgan fingerprint density at radius 3 is 2.12 bits per heavy atom. The molecule has 3 aromatic rings. The van der Waals surface area contributed by atoms with Gasteiger partial charge >= 0.3 is 6.18 Å². The molecule has 0 spiro atoms. The molecule has 0 bridgehead atoms. The molecule has 3 rings (SSSR count). The van der Waals surface area contributed by atoms with Crippen LogP contribution in [0.3, 0.4) is 0 Å². The Labute approximate surface area is 144 Å². The van der Waals surface area contributed by atoms with E-state index >= 15 is 0 Å². The smallest absolute Gasteiger partial charge is 0.166 e. The third-order valence-corrected chi connectivity index (χ3v) is 4.06. The Morgan fingerprint density at radius 1 is 0.720 bits per heavy atom. The summed E-state index contributed by atoms with van der Waals surface area (Å²) in [6.07, 6.45) is 3.34. The molecule has 0 heterocycles. The van der Waals surface area contributed by atoms with Crippen LogP contribution in [0.15, 0.2) is 78.9 Å². The standard InChI is InChI=1S/C22H17F3/c1-2-3-4-9-16-14-15-19(18-11-6-5-10-17(16)18)20-12-7-8-13-21(20)22(23,24)25/h2-15H,1H3/b3-2-,9-4-. The lowest BCUT2D eigenvalue weighted by atomic mass is 9.92. The third-order valence-electron chi connectivity index (χ3n) is 4.06. The molecule has 126 valence electrons. The van der Waals surface area contributed by atoms with Crippen LogP contribution in [-0.2, 0) is 6.18 Å². The van der Waals surface area contributed by atoms with Crippen molar-refractivity contribution in [2.24, 2.45) is 0 Å². The second-order valence-electron chi connectivity index (χ2n) is 5.68. The van der Waals surface area contributed by atoms with Crippen molar-refractivity contribution >= 4 is 16.8 Å². The van der Waals surface area contributed by atoms with Crippen molar-refractivity contribution in [3.8, 4) is 11.1 Å². The molecule has 0 radical (unpaired) electrons. The van der Waals surface area contributed by atoms with Gasteiger partial charge in [-0.05, 0) is 40.5 Å². The van der Waals surface area contributed by atoms with Crippen molar-refractivity contribution in [3.63, 3.8) is 0 Å². The zero-order valence-corrected chi connectivity index (χ0v) is 13.7. The maximum atomic E-state index is 13.4. The van der Waals surface area contributed by atoms with E-state index in [1.807, 2.05) is 61.6 Å². The summed E-state index contributed by atoms with van der Waals surface area (Å²) in [5, 5.41) is 1.74. The molecule has 0 N–H and O–H groups in total. The molecule has 0 fully saturated rings. The first-order chi connectivity index (χ1) is 12.0. The Morgan fingerprint density at radius 2 is 1.40 bits per heavy atom. The molecule has 3 aromatic carbocycles. The van der Waals surface area contributed by atoms with Crippen molar-refractivity contribution in [3.05, 3.63) is 90.0 Å². The van der Waals surface area contributed by atoms with E-state index < -0.39 is 11.7 Å². The van der Waals surface area contributed by atoms with Gasteiger partial charge in [-0.25, -0.2) is 0 Å². The molecular formula is C22H17F3. The first kappa shape index (κ1) is 17.0. The first-order valence-corrected chi connectivity index (χ1v) is 8.00. The summed E-state index contributed by atoms with van der Waals surface area (Å²) in [6, 6.07) is 16.9. The van der Waals surface area contributed by atoms with Crippen molar-refractivity contribution < 1.29 is 13.2 Å². The van der Waals surface area contributed by atoms with Crippen molar-refractivity contribution in [1.82, 2.24) is 0 Å². The van der Waals surface area contributed by atoms with Crippen LogP contribution in [-0.4, -0.2) is 0 Å². The molecule has 0 nitrogen and oxygen atoms in total. The highest BCUT2D eigenvalue weighted by atomic mass is 19.4. The van der Waals surface area contributed by atoms with E-state index in [2.05, 4.69) is 0 Å². The number of allylic oxidation sites excluding steroid dienone is 3. The maximum Gasteiger partial charge on any atom is 0.417 e. The fourth-order valence-electron chi connectivity index (χ4n) is 2.94. The number of halogens is 3. The van der Waals surface area contributed by atoms with Crippen LogP contribution >= 0.6 is 0 Å². The normalized spacial score (nSPS) is 12.5. The van der Waals surface area contributed by atoms with E-state index in [1.165, 1.54) is 12.1 Å². The number of hydrogen-bond acceptors (Lipinski definition) is 0. The van der Waals surface area contributed by atoms with Gasteiger partial charge in [0, 0.05) is 0 Å². The van der Waals surface area contributed by atoms with Gasteiger partial charge < -0.3 is 0 Å². The number of alkyl halides is 3. The zero-order valence-electron chi connectivity index (χ0n) is 13.7. The Kier molecular flexibility index (Phi) is 4.75. The summed E-state index contributed by atoms with van der Waals surface area (Å²) in [5.41, 5.74) is 1.15. The van der Waals surface area contributed by atoms with E-state index in [0.717, 1.165) is 22.4 Å². The Balaban J connectivity index is 2.25. The van der Waals surface area contributed by atoms with Crippen LogP contribution in [0.5, 0.6) is 0 Å². The van der Waals surface area contributed by atoms with Gasteiger partial charge in [0.2, 0.25) is 0 Å². The van der Waals surface area contributed by atoms with Gasteiger partial charge in [-0.2, -0.15) is 13.2 Å². The highest BCUT2D eigenvalue weighted by Crippen LogP contribution is 2.40. The molecule has 0 aromatic heterocycles. The van der Waals surface area contributed by atoms with Crippen LogP contribution in [0.25, 0.3) is 28.0 Å². The van der Waals surface area contributed by atoms with Crippen LogP contribution in [0.1, 0.15) is 18.1 Å². The van der Waals surface area contributed by atoms with E-state index in [-0.39, 0.29) is 5.56 Å². The fraction of sp³-hybridized carbons (Fsp3) is 0.0909. The fourth-order valence-corrected chi connectivity index (χ4v) is 2.94. The quantitative estimate of drug-likeness (QED) is 0.446. The molecule has 0 aliphatic heterocycles. The van der Waals surface area contributed by atoms with Crippen LogP contribution in [0.4, 0.5) is 13.2 Å². The molecule has 0 aliphatic rings. The van der Waals surface area contributed by atoms with Crippen molar-refractivity contribution in [1.29, 1.82) is 0 Å². The second kappa shape index (κ2) is 6.98. The van der Waals surface area contributed by atoms with Gasteiger partial charge in [0.15, 0.2) is 0 Å². The lowest BCUT2D eigenvalue weighted by Gasteiger charge is -2.15. The number of hydrogen-bond donors (Lipinski definition) is 0. The van der Waals surface area contributed by atoms with Gasteiger partial charge in [-0.1, -0.05) is 78.9 Å². The Bertz CT molecular complexity index is 947. The molecule has 0 atom stereocenters. The molecule has 25 heavy (non-hydrogen) atoms. The molecule has 0 unspecified atom stereocenters. The zero-order chi connectivity index (χ0) is 17.9. The predicted molar refractivity (Wildman–Crippen MR) is 98.2 cm³/mol. The van der Waals surface area contributed by atoms with Crippen LogP contribution in [0.2, 0.25) is 0 Å². The van der Waals surface area contributed by atoms with Crippen LogP contribution in [0, 0.1) is 0 Å². The summed E-state index contributed by atoms with van der Waals surface area (Å²) in [4.78, 5) is 0. The summed E-state index contributed by atoms with van der Waals surface area (Å²) >= 11 is 0. The molecule has 0 saturated carbocycles. The number of benzene rings is 3. The van der Waals surface area contributed by atoms with Gasteiger partial charge in [0.05, 0.1) is 5.56 Å². The number of rotatable bonds is 3. The third kappa shape index (κ3) is 3.50. The summed E-state index contributed by atoms with van der Waals surface area (Å²) < 4.78 is 40.2. The number of fused-ring (bicyclic) bond motifs is 1. The first-order valence-electron chi connectivity index (χ1n) is 8.00. The minimum absolute atomic E-state index is 0.204. The van der Waals surface area contributed by atoms with E-state index in [4.69, 9.17) is 0 Å². The Hall–Kier alpha value is -2.81. The lowest BCUT2D eigenvalue weighted by molar-refractivity contribution is -0.137. The summed E-state index contributed by atoms with van der Waals surface area (Å²) in [5.74, 6) is 0. The van der Waals surface area contributed by atoms with Crippen LogP contribution < -0.4 is 0 Å². The van der Waals surface area contributed by atoms with Gasteiger partial charge in [0.25, 0.3) is 0 Å². The molecular weight excluding hydrogens is 321 g/mol. The highest BCUT2D eigenvalue weighted by Gasteiger charge is 2.33. The van der Waals surface area contributed by atoms with Gasteiger partial charge in [-0.3, -0.25) is 0 Å². The summed E-state index contributed by atoms with van der Waals surface area (Å²) in [6.45, 7) is 1.93.